The number of rotatable bonds is 7. The van der Waals surface area contributed by atoms with E-state index in [1.54, 1.807) is 19.1 Å². The van der Waals surface area contributed by atoms with Gasteiger partial charge in [0, 0.05) is 13.1 Å². The van der Waals surface area contributed by atoms with Gasteiger partial charge in [0.15, 0.2) is 0 Å². The zero-order valence-corrected chi connectivity index (χ0v) is 13.6. The molecule has 0 heterocycles. The highest BCUT2D eigenvalue weighted by Gasteiger charge is 2.17. The molecule has 1 aromatic carbocycles. The van der Waals surface area contributed by atoms with Crippen molar-refractivity contribution >= 4 is 15.7 Å². The number of benzene rings is 1. The lowest BCUT2D eigenvalue weighted by Crippen LogP contribution is -2.24. The number of hydrogen-bond donors (Lipinski definition) is 2. The lowest BCUT2D eigenvalue weighted by molar-refractivity contribution is 0.345. The molecule has 118 valence electrons. The van der Waals surface area contributed by atoms with Gasteiger partial charge in [0.2, 0.25) is 10.0 Å². The first-order valence-electron chi connectivity index (χ1n) is 7.96. The van der Waals surface area contributed by atoms with E-state index in [4.69, 9.17) is 0 Å². The molecule has 5 heteroatoms. The number of anilines is 1. The zero-order chi connectivity index (χ0) is 15.1. The van der Waals surface area contributed by atoms with E-state index in [1.165, 1.54) is 32.1 Å². The van der Waals surface area contributed by atoms with Gasteiger partial charge < -0.3 is 5.32 Å². The number of hydrogen-bond acceptors (Lipinski definition) is 3. The summed E-state index contributed by atoms with van der Waals surface area (Å²) in [6, 6.07) is 7.12. The monoisotopic (exact) mass is 310 g/mol. The van der Waals surface area contributed by atoms with Crippen molar-refractivity contribution in [2.75, 3.05) is 18.4 Å². The Bertz CT molecular complexity index is 537. The molecule has 0 spiro atoms. The molecule has 0 radical (unpaired) electrons. The molecule has 1 aliphatic rings. The smallest absolute Gasteiger partial charge is 0.242 e. The summed E-state index contributed by atoms with van der Waals surface area (Å²) in [7, 11) is -3.41. The minimum absolute atomic E-state index is 0.343. The van der Waals surface area contributed by atoms with Crippen molar-refractivity contribution in [3.8, 4) is 0 Å². The van der Waals surface area contributed by atoms with Crippen LogP contribution in [0.4, 0.5) is 5.69 Å². The van der Waals surface area contributed by atoms with Crippen molar-refractivity contribution in [1.82, 2.24) is 4.72 Å². The molecule has 2 rings (SSSR count). The molecular formula is C16H26N2O2S. The molecule has 0 unspecified atom stereocenters. The topological polar surface area (TPSA) is 58.2 Å². The highest BCUT2D eigenvalue weighted by Crippen LogP contribution is 2.27. The molecule has 1 aliphatic carbocycles. The van der Waals surface area contributed by atoms with Crippen LogP contribution in [0.25, 0.3) is 0 Å². The Hall–Kier alpha value is -1.07. The van der Waals surface area contributed by atoms with Gasteiger partial charge in [0.05, 0.1) is 5.69 Å². The summed E-state index contributed by atoms with van der Waals surface area (Å²) in [5.74, 6) is 0.795. The minimum atomic E-state index is -3.41. The summed E-state index contributed by atoms with van der Waals surface area (Å²) in [5.41, 5.74) is 0.703. The standard InChI is InChI=1S/C16H26N2O2S/c1-2-18-21(19,20)16-11-7-6-10-15(16)17-13-12-14-8-4-3-5-9-14/h6-7,10-11,14,17-18H,2-5,8-9,12-13H2,1H3. The summed E-state index contributed by atoms with van der Waals surface area (Å²) >= 11 is 0. The highest BCUT2D eigenvalue weighted by molar-refractivity contribution is 7.89. The number of sulfonamides is 1. The molecule has 0 aromatic heterocycles. The average Bonchev–Trinajstić information content (AvgIpc) is 2.49. The van der Waals surface area contributed by atoms with Crippen LogP contribution in [0.1, 0.15) is 45.4 Å². The molecule has 1 aromatic rings. The number of para-hydroxylation sites is 1. The summed E-state index contributed by atoms with van der Waals surface area (Å²) < 4.78 is 26.9. The van der Waals surface area contributed by atoms with Crippen LogP contribution in [-0.4, -0.2) is 21.5 Å². The van der Waals surface area contributed by atoms with Gasteiger partial charge in [0.25, 0.3) is 0 Å². The second kappa shape index (κ2) is 7.80. The first-order valence-corrected chi connectivity index (χ1v) is 9.44. The normalized spacial score (nSPS) is 16.8. The van der Waals surface area contributed by atoms with E-state index in [9.17, 15) is 8.42 Å². The Labute approximate surface area is 128 Å². The predicted octanol–water partition coefficient (Wildman–Crippen LogP) is 3.37. The Morgan fingerprint density at radius 1 is 1.14 bits per heavy atom. The molecular weight excluding hydrogens is 284 g/mol. The van der Waals surface area contributed by atoms with E-state index in [0.717, 1.165) is 18.9 Å². The molecule has 1 fully saturated rings. The van der Waals surface area contributed by atoms with Gasteiger partial charge in [-0.3, -0.25) is 0 Å². The summed E-state index contributed by atoms with van der Waals surface area (Å²) in [6.45, 7) is 3.03. The highest BCUT2D eigenvalue weighted by atomic mass is 32.2. The van der Waals surface area contributed by atoms with E-state index in [1.807, 2.05) is 12.1 Å². The zero-order valence-electron chi connectivity index (χ0n) is 12.8. The molecule has 0 amide bonds. The maximum absolute atomic E-state index is 12.2. The van der Waals surface area contributed by atoms with Crippen LogP contribution in [0.15, 0.2) is 29.2 Å². The lowest BCUT2D eigenvalue weighted by atomic mass is 9.87. The van der Waals surface area contributed by atoms with Gasteiger partial charge >= 0.3 is 0 Å². The van der Waals surface area contributed by atoms with Crippen molar-refractivity contribution in [2.24, 2.45) is 5.92 Å². The third-order valence-corrected chi connectivity index (χ3v) is 5.71. The Balaban J connectivity index is 1.96. The van der Waals surface area contributed by atoms with Crippen LogP contribution in [-0.2, 0) is 10.0 Å². The average molecular weight is 310 g/mol. The van der Waals surface area contributed by atoms with E-state index < -0.39 is 10.0 Å². The first kappa shape index (κ1) is 16.3. The van der Waals surface area contributed by atoms with Gasteiger partial charge in [0.1, 0.15) is 4.90 Å². The molecule has 0 atom stereocenters. The van der Waals surface area contributed by atoms with Crippen LogP contribution < -0.4 is 10.0 Å². The fourth-order valence-electron chi connectivity index (χ4n) is 3.00. The van der Waals surface area contributed by atoms with Crippen molar-refractivity contribution in [3.05, 3.63) is 24.3 Å². The van der Waals surface area contributed by atoms with Crippen molar-refractivity contribution in [3.63, 3.8) is 0 Å². The van der Waals surface area contributed by atoms with Gasteiger partial charge in [-0.2, -0.15) is 0 Å². The quantitative estimate of drug-likeness (QED) is 0.812. The second-order valence-electron chi connectivity index (χ2n) is 5.72. The predicted molar refractivity (Wildman–Crippen MR) is 87.0 cm³/mol. The van der Waals surface area contributed by atoms with Crippen molar-refractivity contribution in [1.29, 1.82) is 0 Å². The molecule has 0 saturated heterocycles. The van der Waals surface area contributed by atoms with Gasteiger partial charge in [-0.05, 0) is 24.5 Å². The minimum Gasteiger partial charge on any atom is -0.384 e. The summed E-state index contributed by atoms with van der Waals surface area (Å²) in [5, 5.41) is 3.31. The van der Waals surface area contributed by atoms with E-state index in [0.29, 0.717) is 17.1 Å². The SMILES string of the molecule is CCNS(=O)(=O)c1ccccc1NCCC1CCCCC1. The lowest BCUT2D eigenvalue weighted by Gasteiger charge is -2.22. The van der Waals surface area contributed by atoms with Crippen LogP contribution in [0.3, 0.4) is 0 Å². The molecule has 2 N–H and O–H groups in total. The maximum Gasteiger partial charge on any atom is 0.242 e. The fourth-order valence-corrected chi connectivity index (χ4v) is 4.22. The first-order chi connectivity index (χ1) is 10.1. The Morgan fingerprint density at radius 3 is 2.57 bits per heavy atom. The van der Waals surface area contributed by atoms with E-state index >= 15 is 0 Å². The van der Waals surface area contributed by atoms with Crippen LogP contribution >= 0.6 is 0 Å². The number of nitrogens with one attached hydrogen (secondary N) is 2. The van der Waals surface area contributed by atoms with Gasteiger partial charge in [-0.25, -0.2) is 13.1 Å². The Kier molecular flexibility index (Phi) is 6.06. The summed E-state index contributed by atoms with van der Waals surface area (Å²) in [4.78, 5) is 0.343. The molecule has 1 saturated carbocycles. The fraction of sp³-hybridized carbons (Fsp3) is 0.625. The van der Waals surface area contributed by atoms with Gasteiger partial charge in [-0.15, -0.1) is 0 Å². The van der Waals surface area contributed by atoms with Gasteiger partial charge in [-0.1, -0.05) is 51.2 Å². The van der Waals surface area contributed by atoms with Crippen LogP contribution in [0.5, 0.6) is 0 Å². The summed E-state index contributed by atoms with van der Waals surface area (Å²) in [6.07, 6.45) is 7.81. The molecule has 21 heavy (non-hydrogen) atoms. The van der Waals surface area contributed by atoms with E-state index in [-0.39, 0.29) is 0 Å². The Morgan fingerprint density at radius 2 is 1.86 bits per heavy atom. The largest absolute Gasteiger partial charge is 0.384 e. The van der Waals surface area contributed by atoms with Crippen LogP contribution in [0.2, 0.25) is 0 Å². The third-order valence-electron chi connectivity index (χ3n) is 4.10. The third kappa shape index (κ3) is 4.71. The molecule has 0 aliphatic heterocycles. The maximum atomic E-state index is 12.2. The second-order valence-corrected chi connectivity index (χ2v) is 7.45. The van der Waals surface area contributed by atoms with Crippen molar-refractivity contribution < 1.29 is 8.42 Å². The molecule has 0 bridgehead atoms. The van der Waals surface area contributed by atoms with E-state index in [2.05, 4.69) is 10.0 Å². The van der Waals surface area contributed by atoms with Crippen molar-refractivity contribution in [2.45, 2.75) is 50.3 Å². The molecule has 4 nitrogen and oxygen atoms in total. The van der Waals surface area contributed by atoms with Crippen LogP contribution in [0, 0.1) is 5.92 Å².